The Kier molecular flexibility index (Phi) is 3.44. The van der Waals surface area contributed by atoms with Crippen molar-refractivity contribution < 1.29 is 18.0 Å². The van der Waals surface area contributed by atoms with Gasteiger partial charge in [0, 0.05) is 12.9 Å². The molecular formula is C9H10FO3P. The van der Waals surface area contributed by atoms with Crippen molar-refractivity contribution in [1.29, 1.82) is 0 Å². The zero-order valence-electron chi connectivity index (χ0n) is 7.64. The summed E-state index contributed by atoms with van der Waals surface area (Å²) in [4.78, 5) is 0. The van der Waals surface area contributed by atoms with E-state index < -0.39 is 13.4 Å². The summed E-state index contributed by atoms with van der Waals surface area (Å²) in [5, 5.41) is 0. The van der Waals surface area contributed by atoms with E-state index in [0.29, 0.717) is 0 Å². The van der Waals surface area contributed by atoms with Crippen LogP contribution in [0.1, 0.15) is 0 Å². The van der Waals surface area contributed by atoms with Crippen molar-refractivity contribution in [3.8, 4) is 5.75 Å². The lowest BCUT2D eigenvalue weighted by atomic mass is 10.3. The van der Waals surface area contributed by atoms with Gasteiger partial charge in [-0.25, -0.2) is 8.96 Å². The van der Waals surface area contributed by atoms with Gasteiger partial charge in [0.25, 0.3) is 0 Å². The largest absolute Gasteiger partial charge is 0.418 e. The van der Waals surface area contributed by atoms with Crippen LogP contribution in [0.3, 0.4) is 0 Å². The summed E-state index contributed by atoms with van der Waals surface area (Å²) >= 11 is 0. The van der Waals surface area contributed by atoms with E-state index in [9.17, 15) is 8.96 Å². The molecule has 0 bridgehead atoms. The zero-order chi connectivity index (χ0) is 10.6. The van der Waals surface area contributed by atoms with Crippen molar-refractivity contribution in [2.45, 2.75) is 0 Å². The average Bonchev–Trinajstić information content (AvgIpc) is 2.21. The highest BCUT2D eigenvalue weighted by molar-refractivity contribution is 7.57. The molecule has 76 valence electrons. The molecule has 0 amide bonds. The van der Waals surface area contributed by atoms with E-state index in [1.165, 1.54) is 25.3 Å². The van der Waals surface area contributed by atoms with Gasteiger partial charge in [0.2, 0.25) is 0 Å². The van der Waals surface area contributed by atoms with Crippen molar-refractivity contribution in [3.63, 3.8) is 0 Å². The molecule has 0 saturated carbocycles. The quantitative estimate of drug-likeness (QED) is 0.725. The van der Waals surface area contributed by atoms with Crippen LogP contribution in [0.15, 0.2) is 36.7 Å². The highest BCUT2D eigenvalue weighted by Crippen LogP contribution is 2.48. The first-order chi connectivity index (χ1) is 6.61. The SMILES string of the molecule is C=CP(=O)(OC)Oc1ccccc1F. The summed E-state index contributed by atoms with van der Waals surface area (Å²) in [6, 6.07) is 5.65. The molecule has 1 aromatic carbocycles. The third-order valence-corrected chi connectivity index (χ3v) is 2.95. The molecule has 0 heterocycles. The smallest absolute Gasteiger partial charge is 0.402 e. The first-order valence-corrected chi connectivity index (χ1v) is 5.45. The average molecular weight is 216 g/mol. The summed E-state index contributed by atoms with van der Waals surface area (Å²) in [6.07, 6.45) is 0. The Hall–Kier alpha value is -1.12. The fourth-order valence-corrected chi connectivity index (χ4v) is 1.53. The molecule has 0 saturated heterocycles. The van der Waals surface area contributed by atoms with Crippen LogP contribution in [0, 0.1) is 5.82 Å². The summed E-state index contributed by atoms with van der Waals surface area (Å²) in [5.41, 5.74) is 0. The third-order valence-electron chi connectivity index (χ3n) is 1.54. The number of hydrogen-bond acceptors (Lipinski definition) is 3. The second-order valence-electron chi connectivity index (χ2n) is 2.43. The number of benzene rings is 1. The highest BCUT2D eigenvalue weighted by Gasteiger charge is 2.20. The van der Waals surface area contributed by atoms with Gasteiger partial charge in [0.15, 0.2) is 11.6 Å². The fraction of sp³-hybridized carbons (Fsp3) is 0.111. The maximum Gasteiger partial charge on any atom is 0.402 e. The summed E-state index contributed by atoms with van der Waals surface area (Å²) < 4.78 is 34.1. The second-order valence-corrected chi connectivity index (χ2v) is 4.42. The summed E-state index contributed by atoms with van der Waals surface area (Å²) in [6.45, 7) is 3.29. The lowest BCUT2D eigenvalue weighted by Gasteiger charge is -2.13. The molecule has 1 atom stereocenters. The van der Waals surface area contributed by atoms with Gasteiger partial charge in [0.1, 0.15) is 0 Å². The van der Waals surface area contributed by atoms with Crippen molar-refractivity contribution in [3.05, 3.63) is 42.5 Å². The molecule has 0 aliphatic carbocycles. The van der Waals surface area contributed by atoms with E-state index in [1.807, 2.05) is 0 Å². The van der Waals surface area contributed by atoms with E-state index in [1.54, 1.807) is 6.07 Å². The van der Waals surface area contributed by atoms with Gasteiger partial charge in [0.05, 0.1) is 0 Å². The van der Waals surface area contributed by atoms with Crippen LogP contribution in [-0.4, -0.2) is 7.11 Å². The minimum atomic E-state index is -3.41. The predicted molar refractivity (Wildman–Crippen MR) is 51.8 cm³/mol. The Morgan fingerprint density at radius 1 is 1.50 bits per heavy atom. The van der Waals surface area contributed by atoms with Gasteiger partial charge in [-0.3, -0.25) is 0 Å². The highest BCUT2D eigenvalue weighted by atomic mass is 31.2. The molecule has 0 fully saturated rings. The van der Waals surface area contributed by atoms with Crippen molar-refractivity contribution >= 4 is 7.60 Å². The van der Waals surface area contributed by atoms with E-state index in [4.69, 9.17) is 4.52 Å². The molecule has 0 aliphatic rings. The van der Waals surface area contributed by atoms with E-state index >= 15 is 0 Å². The van der Waals surface area contributed by atoms with Crippen LogP contribution in [0.5, 0.6) is 5.75 Å². The first-order valence-electron chi connectivity index (χ1n) is 3.84. The third kappa shape index (κ3) is 2.44. The lowest BCUT2D eigenvalue weighted by molar-refractivity contribution is 0.327. The van der Waals surface area contributed by atoms with E-state index in [0.717, 1.165) is 5.82 Å². The standard InChI is InChI=1S/C9H10FO3P/c1-3-14(11,12-2)13-9-7-5-4-6-8(9)10/h3-7H,1H2,2H3. The number of halogens is 1. The maximum atomic E-state index is 13.1. The number of hydrogen-bond donors (Lipinski definition) is 0. The molecule has 1 rings (SSSR count). The molecule has 0 N–H and O–H groups in total. The van der Waals surface area contributed by atoms with Crippen molar-refractivity contribution in [1.82, 2.24) is 0 Å². The first kappa shape index (κ1) is 11.0. The monoisotopic (exact) mass is 216 g/mol. The van der Waals surface area contributed by atoms with Crippen LogP contribution in [0.25, 0.3) is 0 Å². The van der Waals surface area contributed by atoms with Gasteiger partial charge < -0.3 is 9.05 Å². The van der Waals surface area contributed by atoms with Crippen LogP contribution >= 0.6 is 7.60 Å². The van der Waals surface area contributed by atoms with Crippen LogP contribution in [0.2, 0.25) is 0 Å². The van der Waals surface area contributed by atoms with E-state index in [2.05, 4.69) is 11.1 Å². The molecular weight excluding hydrogens is 206 g/mol. The van der Waals surface area contributed by atoms with Crippen LogP contribution in [0.4, 0.5) is 4.39 Å². The Morgan fingerprint density at radius 2 is 2.14 bits per heavy atom. The summed E-state index contributed by atoms with van der Waals surface area (Å²) in [5.74, 6) is 0.323. The topological polar surface area (TPSA) is 35.5 Å². The molecule has 5 heteroatoms. The Morgan fingerprint density at radius 3 is 2.64 bits per heavy atom. The zero-order valence-corrected chi connectivity index (χ0v) is 8.54. The molecule has 14 heavy (non-hydrogen) atoms. The Labute approximate surface area is 81.7 Å². The maximum absolute atomic E-state index is 13.1. The van der Waals surface area contributed by atoms with Crippen LogP contribution < -0.4 is 4.52 Å². The lowest BCUT2D eigenvalue weighted by Crippen LogP contribution is -1.94. The predicted octanol–water partition coefficient (Wildman–Crippen LogP) is 3.19. The van der Waals surface area contributed by atoms with Gasteiger partial charge in [-0.15, -0.1) is 0 Å². The molecule has 0 spiro atoms. The molecule has 3 nitrogen and oxygen atoms in total. The van der Waals surface area contributed by atoms with Gasteiger partial charge in [-0.2, -0.15) is 0 Å². The van der Waals surface area contributed by atoms with Crippen molar-refractivity contribution in [2.24, 2.45) is 0 Å². The van der Waals surface area contributed by atoms with Crippen molar-refractivity contribution in [2.75, 3.05) is 7.11 Å². The van der Waals surface area contributed by atoms with Gasteiger partial charge in [-0.1, -0.05) is 18.7 Å². The Balaban J connectivity index is 2.94. The minimum Gasteiger partial charge on any atom is -0.418 e. The molecule has 0 radical (unpaired) electrons. The normalized spacial score (nSPS) is 14.4. The Bertz CT molecular complexity index is 378. The number of para-hydroxylation sites is 1. The molecule has 1 aromatic rings. The molecule has 1 unspecified atom stereocenters. The molecule has 0 aliphatic heterocycles. The second kappa shape index (κ2) is 4.40. The van der Waals surface area contributed by atoms with Gasteiger partial charge in [-0.05, 0) is 12.1 Å². The minimum absolute atomic E-state index is 0.113. The fourth-order valence-electron chi connectivity index (χ4n) is 0.805. The molecule has 0 aromatic heterocycles. The van der Waals surface area contributed by atoms with Gasteiger partial charge >= 0.3 is 7.60 Å². The number of rotatable bonds is 4. The van der Waals surface area contributed by atoms with Crippen LogP contribution in [-0.2, 0) is 9.09 Å². The summed E-state index contributed by atoms with van der Waals surface area (Å²) in [7, 11) is -2.19. The van der Waals surface area contributed by atoms with E-state index in [-0.39, 0.29) is 5.75 Å².